The summed E-state index contributed by atoms with van der Waals surface area (Å²) >= 11 is 0. The lowest BCUT2D eigenvalue weighted by atomic mass is 10.1. The smallest absolute Gasteiger partial charge is 0.335 e. The SMILES string of the molecule is N#Cc1ccc(CNc2c(F)cc(C(=O)O)cc2F)cc1. The Bertz CT molecular complexity index is 698. The van der Waals surface area contributed by atoms with E-state index in [1.807, 2.05) is 6.07 Å². The summed E-state index contributed by atoms with van der Waals surface area (Å²) in [6, 6.07) is 9.99. The number of nitrogens with zero attached hydrogens (tertiary/aromatic N) is 1. The van der Waals surface area contributed by atoms with Crippen molar-refractivity contribution in [3.63, 3.8) is 0 Å². The summed E-state index contributed by atoms with van der Waals surface area (Å²) in [7, 11) is 0. The van der Waals surface area contributed by atoms with Gasteiger partial charge in [0.05, 0.1) is 17.2 Å². The van der Waals surface area contributed by atoms with E-state index in [0.717, 1.165) is 17.7 Å². The molecule has 2 rings (SSSR count). The van der Waals surface area contributed by atoms with E-state index < -0.39 is 23.2 Å². The number of carboxylic acid groups (broad SMARTS) is 1. The number of carboxylic acids is 1. The second-order valence-corrected chi connectivity index (χ2v) is 4.28. The van der Waals surface area contributed by atoms with Gasteiger partial charge in [-0.05, 0) is 29.8 Å². The van der Waals surface area contributed by atoms with Crippen LogP contribution in [0.4, 0.5) is 14.5 Å². The van der Waals surface area contributed by atoms with Crippen LogP contribution in [0.25, 0.3) is 0 Å². The number of aromatic carboxylic acids is 1. The molecular weight excluding hydrogens is 278 g/mol. The average molecular weight is 288 g/mol. The molecule has 0 amide bonds. The Morgan fingerprint density at radius 1 is 1.19 bits per heavy atom. The molecule has 0 spiro atoms. The number of nitrogens with one attached hydrogen (secondary N) is 1. The molecule has 106 valence electrons. The summed E-state index contributed by atoms with van der Waals surface area (Å²) < 4.78 is 27.4. The Hall–Kier alpha value is -2.94. The normalized spacial score (nSPS) is 9.95. The summed E-state index contributed by atoms with van der Waals surface area (Å²) in [6.07, 6.45) is 0. The summed E-state index contributed by atoms with van der Waals surface area (Å²) in [5, 5.41) is 19.9. The van der Waals surface area contributed by atoms with Crippen LogP contribution in [-0.4, -0.2) is 11.1 Å². The third kappa shape index (κ3) is 3.34. The second-order valence-electron chi connectivity index (χ2n) is 4.28. The first-order chi connectivity index (χ1) is 10.0. The zero-order valence-electron chi connectivity index (χ0n) is 10.7. The molecule has 0 aliphatic heterocycles. The van der Waals surface area contributed by atoms with Crippen molar-refractivity contribution in [2.45, 2.75) is 6.54 Å². The molecule has 0 radical (unpaired) electrons. The Morgan fingerprint density at radius 3 is 2.24 bits per heavy atom. The van der Waals surface area contributed by atoms with Crippen molar-refractivity contribution in [2.24, 2.45) is 0 Å². The lowest BCUT2D eigenvalue weighted by Gasteiger charge is -2.09. The maximum absolute atomic E-state index is 13.7. The van der Waals surface area contributed by atoms with Gasteiger partial charge in [0.15, 0.2) is 0 Å². The van der Waals surface area contributed by atoms with Crippen molar-refractivity contribution in [2.75, 3.05) is 5.32 Å². The van der Waals surface area contributed by atoms with Crippen molar-refractivity contribution in [1.29, 1.82) is 5.26 Å². The van der Waals surface area contributed by atoms with Gasteiger partial charge in [0.1, 0.15) is 17.3 Å². The number of hydrogen-bond donors (Lipinski definition) is 2. The quantitative estimate of drug-likeness (QED) is 0.906. The highest BCUT2D eigenvalue weighted by Crippen LogP contribution is 2.21. The molecule has 0 fully saturated rings. The van der Waals surface area contributed by atoms with E-state index in [1.54, 1.807) is 24.3 Å². The van der Waals surface area contributed by atoms with Gasteiger partial charge in [-0.25, -0.2) is 13.6 Å². The zero-order chi connectivity index (χ0) is 15.4. The number of nitriles is 1. The molecule has 2 aromatic carbocycles. The van der Waals surface area contributed by atoms with E-state index in [0.29, 0.717) is 5.56 Å². The first-order valence-corrected chi connectivity index (χ1v) is 5.96. The highest BCUT2D eigenvalue weighted by Gasteiger charge is 2.14. The summed E-state index contributed by atoms with van der Waals surface area (Å²) in [6.45, 7) is 0.145. The van der Waals surface area contributed by atoms with Crippen LogP contribution in [0, 0.1) is 23.0 Å². The molecule has 0 aromatic heterocycles. The van der Waals surface area contributed by atoms with Crippen LogP contribution in [-0.2, 0) is 6.54 Å². The summed E-state index contributed by atoms with van der Waals surface area (Å²) in [4.78, 5) is 10.7. The molecule has 0 heterocycles. The van der Waals surface area contributed by atoms with Gasteiger partial charge in [-0.3, -0.25) is 0 Å². The molecule has 4 nitrogen and oxygen atoms in total. The molecule has 0 bridgehead atoms. The lowest BCUT2D eigenvalue weighted by molar-refractivity contribution is 0.0696. The zero-order valence-corrected chi connectivity index (χ0v) is 10.7. The summed E-state index contributed by atoms with van der Waals surface area (Å²) in [5.41, 5.74) is 0.385. The molecule has 21 heavy (non-hydrogen) atoms. The van der Waals surface area contributed by atoms with Gasteiger partial charge in [-0.1, -0.05) is 12.1 Å². The largest absolute Gasteiger partial charge is 0.478 e. The van der Waals surface area contributed by atoms with E-state index >= 15 is 0 Å². The van der Waals surface area contributed by atoms with Crippen molar-refractivity contribution >= 4 is 11.7 Å². The molecule has 6 heteroatoms. The van der Waals surface area contributed by atoms with Gasteiger partial charge in [-0.15, -0.1) is 0 Å². The Labute approximate surface area is 119 Å². The minimum atomic E-state index is -1.40. The fraction of sp³-hybridized carbons (Fsp3) is 0.0667. The van der Waals surface area contributed by atoms with Crippen LogP contribution in [0.2, 0.25) is 0 Å². The monoisotopic (exact) mass is 288 g/mol. The molecule has 2 N–H and O–H groups in total. The first kappa shape index (κ1) is 14.5. The number of benzene rings is 2. The van der Waals surface area contributed by atoms with Gasteiger partial charge in [0.2, 0.25) is 0 Å². The van der Waals surface area contributed by atoms with Gasteiger partial charge in [0.25, 0.3) is 0 Å². The minimum absolute atomic E-state index is 0.145. The highest BCUT2D eigenvalue weighted by atomic mass is 19.1. The highest BCUT2D eigenvalue weighted by molar-refractivity contribution is 5.88. The number of halogens is 2. The minimum Gasteiger partial charge on any atom is -0.478 e. The second kappa shape index (κ2) is 6.01. The van der Waals surface area contributed by atoms with Crippen molar-refractivity contribution in [1.82, 2.24) is 0 Å². The Kier molecular flexibility index (Phi) is 4.14. The molecule has 0 unspecified atom stereocenters. The summed E-state index contributed by atoms with van der Waals surface area (Å²) in [5.74, 6) is -3.34. The lowest BCUT2D eigenvalue weighted by Crippen LogP contribution is -2.06. The van der Waals surface area contributed by atoms with Crippen molar-refractivity contribution < 1.29 is 18.7 Å². The topological polar surface area (TPSA) is 73.1 Å². The van der Waals surface area contributed by atoms with Crippen LogP contribution in [0.5, 0.6) is 0 Å². The first-order valence-electron chi connectivity index (χ1n) is 5.96. The van der Waals surface area contributed by atoms with E-state index in [4.69, 9.17) is 10.4 Å². The number of hydrogen-bond acceptors (Lipinski definition) is 3. The van der Waals surface area contributed by atoms with E-state index in [-0.39, 0.29) is 12.2 Å². The van der Waals surface area contributed by atoms with E-state index in [9.17, 15) is 13.6 Å². The van der Waals surface area contributed by atoms with E-state index in [2.05, 4.69) is 5.32 Å². The third-order valence-corrected chi connectivity index (χ3v) is 2.84. The Morgan fingerprint density at radius 2 is 1.76 bits per heavy atom. The van der Waals surface area contributed by atoms with Gasteiger partial charge >= 0.3 is 5.97 Å². The molecular formula is C15H10F2N2O2. The number of carbonyl (C=O) groups is 1. The number of anilines is 1. The van der Waals surface area contributed by atoms with Crippen LogP contribution >= 0.6 is 0 Å². The molecule has 0 saturated heterocycles. The van der Waals surface area contributed by atoms with E-state index in [1.165, 1.54) is 0 Å². The van der Waals surface area contributed by atoms with Gasteiger partial charge in [-0.2, -0.15) is 5.26 Å². The van der Waals surface area contributed by atoms with Gasteiger partial charge < -0.3 is 10.4 Å². The molecule has 0 atom stereocenters. The molecule has 0 saturated carbocycles. The molecule has 0 aliphatic rings. The van der Waals surface area contributed by atoms with Gasteiger partial charge in [0, 0.05) is 6.54 Å². The molecule has 0 aliphatic carbocycles. The standard InChI is InChI=1S/C15H10F2N2O2/c16-12-5-11(15(20)21)6-13(17)14(12)19-8-10-3-1-9(7-18)2-4-10/h1-6,19H,8H2,(H,20,21). The van der Waals surface area contributed by atoms with Crippen LogP contribution in [0.1, 0.15) is 21.5 Å². The molecule has 2 aromatic rings. The predicted octanol–water partition coefficient (Wildman–Crippen LogP) is 3.15. The third-order valence-electron chi connectivity index (χ3n) is 2.84. The maximum Gasteiger partial charge on any atom is 0.335 e. The van der Waals surface area contributed by atoms with Crippen LogP contribution < -0.4 is 5.32 Å². The Balaban J connectivity index is 2.16. The maximum atomic E-state index is 13.7. The predicted molar refractivity (Wildman–Crippen MR) is 71.8 cm³/mol. The van der Waals surface area contributed by atoms with Crippen molar-refractivity contribution in [3.8, 4) is 6.07 Å². The fourth-order valence-corrected chi connectivity index (χ4v) is 1.75. The number of rotatable bonds is 4. The average Bonchev–Trinajstić information content (AvgIpc) is 2.46. The van der Waals surface area contributed by atoms with Crippen LogP contribution in [0.3, 0.4) is 0 Å². The fourth-order valence-electron chi connectivity index (χ4n) is 1.75. The van der Waals surface area contributed by atoms with Crippen molar-refractivity contribution in [3.05, 3.63) is 64.7 Å². The van der Waals surface area contributed by atoms with Crippen LogP contribution in [0.15, 0.2) is 36.4 Å².